The SMILES string of the molecule is C[C@@H]1OC[C@H](O)CC1O. The number of hydrogen-bond acceptors (Lipinski definition) is 3. The maximum Gasteiger partial charge on any atom is 0.0824 e. The molecule has 0 aromatic carbocycles. The largest absolute Gasteiger partial charge is 0.391 e. The smallest absolute Gasteiger partial charge is 0.0824 e. The summed E-state index contributed by atoms with van der Waals surface area (Å²) in [5.41, 5.74) is 0. The van der Waals surface area contributed by atoms with E-state index in [1.54, 1.807) is 6.92 Å². The Balaban J connectivity index is 2.35. The molecule has 0 aliphatic carbocycles. The minimum Gasteiger partial charge on any atom is -0.391 e. The van der Waals surface area contributed by atoms with Crippen molar-refractivity contribution in [2.75, 3.05) is 6.61 Å². The molecule has 3 nitrogen and oxygen atoms in total. The lowest BCUT2D eigenvalue weighted by molar-refractivity contribution is -0.115. The van der Waals surface area contributed by atoms with Gasteiger partial charge in [0.25, 0.3) is 0 Å². The van der Waals surface area contributed by atoms with E-state index < -0.39 is 12.2 Å². The Kier molecular flexibility index (Phi) is 2.05. The zero-order chi connectivity index (χ0) is 6.85. The fourth-order valence-corrected chi connectivity index (χ4v) is 0.912. The van der Waals surface area contributed by atoms with Crippen LogP contribution >= 0.6 is 0 Å². The average molecular weight is 132 g/mol. The molecule has 1 saturated heterocycles. The van der Waals surface area contributed by atoms with E-state index in [1.165, 1.54) is 0 Å². The topological polar surface area (TPSA) is 49.7 Å². The van der Waals surface area contributed by atoms with E-state index in [2.05, 4.69) is 0 Å². The summed E-state index contributed by atoms with van der Waals surface area (Å²) in [6, 6.07) is 0. The third kappa shape index (κ3) is 1.64. The normalized spacial score (nSPS) is 45.0. The van der Waals surface area contributed by atoms with Crippen molar-refractivity contribution in [3.8, 4) is 0 Å². The van der Waals surface area contributed by atoms with Gasteiger partial charge in [-0.15, -0.1) is 0 Å². The van der Waals surface area contributed by atoms with Gasteiger partial charge in [0.1, 0.15) is 0 Å². The minimum absolute atomic E-state index is 0.117. The van der Waals surface area contributed by atoms with Crippen LogP contribution in [0.25, 0.3) is 0 Å². The quantitative estimate of drug-likeness (QED) is 0.468. The Labute approximate surface area is 54.3 Å². The van der Waals surface area contributed by atoms with E-state index in [0.717, 1.165) is 0 Å². The van der Waals surface area contributed by atoms with Crippen LogP contribution < -0.4 is 0 Å². The second-order valence-corrected chi connectivity index (χ2v) is 2.50. The number of aliphatic hydroxyl groups is 2. The zero-order valence-corrected chi connectivity index (χ0v) is 5.45. The van der Waals surface area contributed by atoms with Crippen LogP contribution in [0.15, 0.2) is 0 Å². The first-order valence-electron chi connectivity index (χ1n) is 3.18. The van der Waals surface area contributed by atoms with Gasteiger partial charge in [-0.05, 0) is 6.92 Å². The summed E-state index contributed by atoms with van der Waals surface area (Å²) in [5.74, 6) is 0. The molecule has 2 N–H and O–H groups in total. The minimum atomic E-state index is -0.492. The van der Waals surface area contributed by atoms with Crippen LogP contribution in [-0.2, 0) is 4.74 Å². The monoisotopic (exact) mass is 132 g/mol. The summed E-state index contributed by atoms with van der Waals surface area (Å²) < 4.78 is 5.00. The number of ether oxygens (including phenoxy) is 1. The summed E-state index contributed by atoms with van der Waals surface area (Å²) in [5, 5.41) is 18.0. The van der Waals surface area contributed by atoms with Crippen molar-refractivity contribution < 1.29 is 14.9 Å². The van der Waals surface area contributed by atoms with Crippen molar-refractivity contribution in [3.63, 3.8) is 0 Å². The van der Waals surface area contributed by atoms with Crippen molar-refractivity contribution in [1.82, 2.24) is 0 Å². The van der Waals surface area contributed by atoms with Crippen molar-refractivity contribution >= 4 is 0 Å². The molecule has 0 saturated carbocycles. The molecule has 0 aromatic heterocycles. The van der Waals surface area contributed by atoms with Gasteiger partial charge in [-0.25, -0.2) is 0 Å². The van der Waals surface area contributed by atoms with Gasteiger partial charge in [0.15, 0.2) is 0 Å². The molecule has 1 unspecified atom stereocenters. The lowest BCUT2D eigenvalue weighted by Gasteiger charge is -2.28. The predicted octanol–water partition coefficient (Wildman–Crippen LogP) is -0.483. The van der Waals surface area contributed by atoms with E-state index in [0.29, 0.717) is 13.0 Å². The van der Waals surface area contributed by atoms with Crippen molar-refractivity contribution in [1.29, 1.82) is 0 Å². The molecule has 1 heterocycles. The van der Waals surface area contributed by atoms with Crippen molar-refractivity contribution in [2.45, 2.75) is 31.7 Å². The molecule has 3 heteroatoms. The van der Waals surface area contributed by atoms with Crippen LogP contribution in [0.2, 0.25) is 0 Å². The fraction of sp³-hybridized carbons (Fsp3) is 1.00. The average Bonchev–Trinajstić information content (AvgIpc) is 1.80. The molecule has 54 valence electrons. The Morgan fingerprint density at radius 3 is 2.56 bits per heavy atom. The molecule has 1 aliphatic rings. The summed E-state index contributed by atoms with van der Waals surface area (Å²) in [6.45, 7) is 2.16. The molecular formula is C6H12O3. The Hall–Kier alpha value is -0.120. The van der Waals surface area contributed by atoms with E-state index in [-0.39, 0.29) is 6.10 Å². The standard InChI is InChI=1S/C6H12O3/c1-4-6(8)2-5(7)3-9-4/h4-8H,2-3H2,1H3/t4-,5+,6?/m0/s1. The van der Waals surface area contributed by atoms with Crippen LogP contribution in [0, 0.1) is 0 Å². The maximum atomic E-state index is 9.06. The molecule has 0 spiro atoms. The molecule has 0 bridgehead atoms. The van der Waals surface area contributed by atoms with Gasteiger partial charge in [-0.2, -0.15) is 0 Å². The van der Waals surface area contributed by atoms with Crippen LogP contribution in [0.4, 0.5) is 0 Å². The first kappa shape index (κ1) is 6.99. The molecule has 3 atom stereocenters. The Morgan fingerprint density at radius 2 is 2.11 bits per heavy atom. The summed E-state index contributed by atoms with van der Waals surface area (Å²) >= 11 is 0. The van der Waals surface area contributed by atoms with Gasteiger partial charge in [-0.3, -0.25) is 0 Å². The lowest BCUT2D eigenvalue weighted by Crippen LogP contribution is -2.39. The van der Waals surface area contributed by atoms with Gasteiger partial charge in [0.2, 0.25) is 0 Å². The molecule has 0 amide bonds. The molecule has 0 radical (unpaired) electrons. The zero-order valence-electron chi connectivity index (χ0n) is 5.45. The van der Waals surface area contributed by atoms with E-state index >= 15 is 0 Å². The third-order valence-electron chi connectivity index (χ3n) is 1.61. The fourth-order valence-electron chi connectivity index (χ4n) is 0.912. The van der Waals surface area contributed by atoms with Crippen molar-refractivity contribution in [2.24, 2.45) is 0 Å². The van der Waals surface area contributed by atoms with Gasteiger partial charge in [0.05, 0.1) is 24.9 Å². The highest BCUT2D eigenvalue weighted by Gasteiger charge is 2.24. The summed E-state index contributed by atoms with van der Waals surface area (Å²) in [4.78, 5) is 0. The Morgan fingerprint density at radius 1 is 1.44 bits per heavy atom. The maximum absolute atomic E-state index is 9.06. The number of aliphatic hydroxyl groups excluding tert-OH is 2. The molecular weight excluding hydrogens is 120 g/mol. The second kappa shape index (κ2) is 2.64. The predicted molar refractivity (Wildman–Crippen MR) is 32.0 cm³/mol. The molecule has 1 fully saturated rings. The lowest BCUT2D eigenvalue weighted by atomic mass is 10.1. The van der Waals surface area contributed by atoms with E-state index in [9.17, 15) is 0 Å². The second-order valence-electron chi connectivity index (χ2n) is 2.50. The van der Waals surface area contributed by atoms with Crippen LogP contribution in [-0.4, -0.2) is 35.1 Å². The molecule has 9 heavy (non-hydrogen) atoms. The van der Waals surface area contributed by atoms with E-state index in [1.807, 2.05) is 0 Å². The first-order chi connectivity index (χ1) is 4.20. The Bertz CT molecular complexity index is 94.3. The van der Waals surface area contributed by atoms with Crippen LogP contribution in [0.1, 0.15) is 13.3 Å². The van der Waals surface area contributed by atoms with Gasteiger partial charge < -0.3 is 14.9 Å². The highest BCUT2D eigenvalue weighted by atomic mass is 16.5. The highest BCUT2D eigenvalue weighted by molar-refractivity contribution is 4.74. The van der Waals surface area contributed by atoms with E-state index in [4.69, 9.17) is 14.9 Å². The van der Waals surface area contributed by atoms with Crippen LogP contribution in [0.5, 0.6) is 0 Å². The molecule has 0 aromatic rings. The first-order valence-corrected chi connectivity index (χ1v) is 3.18. The van der Waals surface area contributed by atoms with Gasteiger partial charge in [0, 0.05) is 6.42 Å². The summed E-state index contributed by atoms with van der Waals surface area (Å²) in [7, 11) is 0. The van der Waals surface area contributed by atoms with Crippen molar-refractivity contribution in [3.05, 3.63) is 0 Å². The highest BCUT2D eigenvalue weighted by Crippen LogP contribution is 2.12. The van der Waals surface area contributed by atoms with Gasteiger partial charge >= 0.3 is 0 Å². The summed E-state index contributed by atoms with van der Waals surface area (Å²) in [6.07, 6.45) is -0.639. The number of hydrogen-bond donors (Lipinski definition) is 2. The molecule has 1 rings (SSSR count). The van der Waals surface area contributed by atoms with Gasteiger partial charge in [-0.1, -0.05) is 0 Å². The van der Waals surface area contributed by atoms with Crippen LogP contribution in [0.3, 0.4) is 0 Å². The third-order valence-corrected chi connectivity index (χ3v) is 1.61. The molecule has 1 aliphatic heterocycles. The number of rotatable bonds is 0.